The van der Waals surface area contributed by atoms with E-state index in [4.69, 9.17) is 11.0 Å². The molecule has 0 aliphatic carbocycles. The van der Waals surface area contributed by atoms with Crippen molar-refractivity contribution in [2.75, 3.05) is 11.1 Å². The van der Waals surface area contributed by atoms with Crippen LogP contribution in [0, 0.1) is 17.1 Å². The number of hydrogen-bond acceptors (Lipinski definition) is 6. The highest BCUT2D eigenvalue weighted by Gasteiger charge is 2.12. The standard InChI is InChI=1S/C14H12FN9O/c15-9-2-1-3-10(8(9)6-16)24-5-4-11(23-24)20-14(25)18-7-12-19-13(17)22-21-12/h1-5H,7H2,(H3,17,19,21,22)(H2,18,20,23,25). The molecule has 0 bridgehead atoms. The van der Waals surface area contributed by atoms with Gasteiger partial charge in [-0.05, 0) is 12.1 Å². The molecule has 1 aromatic carbocycles. The first kappa shape index (κ1) is 15.9. The van der Waals surface area contributed by atoms with Crippen molar-refractivity contribution in [3.63, 3.8) is 0 Å². The number of nitrogens with two attached hydrogens (primary N) is 1. The maximum absolute atomic E-state index is 13.7. The summed E-state index contributed by atoms with van der Waals surface area (Å²) in [4.78, 5) is 15.7. The van der Waals surface area contributed by atoms with Gasteiger partial charge in [-0.25, -0.2) is 13.9 Å². The molecule has 0 saturated carbocycles. The first-order valence-corrected chi connectivity index (χ1v) is 7.03. The Morgan fingerprint density at radius 3 is 3.00 bits per heavy atom. The van der Waals surface area contributed by atoms with E-state index in [9.17, 15) is 9.18 Å². The topological polar surface area (TPSA) is 150 Å². The van der Waals surface area contributed by atoms with Gasteiger partial charge in [0.2, 0.25) is 5.95 Å². The fraction of sp³-hybridized carbons (Fsp3) is 0.0714. The highest BCUT2D eigenvalue weighted by Crippen LogP contribution is 2.17. The lowest BCUT2D eigenvalue weighted by atomic mass is 10.2. The minimum absolute atomic E-state index is 0.0827. The molecule has 0 aliphatic rings. The normalized spacial score (nSPS) is 10.2. The van der Waals surface area contributed by atoms with Crippen LogP contribution in [0.2, 0.25) is 0 Å². The van der Waals surface area contributed by atoms with E-state index in [1.54, 1.807) is 12.1 Å². The molecule has 0 saturated heterocycles. The quantitative estimate of drug-likeness (QED) is 0.553. The Labute approximate surface area is 140 Å². The summed E-state index contributed by atoms with van der Waals surface area (Å²) in [6, 6.07) is 6.98. The van der Waals surface area contributed by atoms with Gasteiger partial charge < -0.3 is 11.1 Å². The lowest BCUT2D eigenvalue weighted by Crippen LogP contribution is -2.28. The van der Waals surface area contributed by atoms with Crippen LogP contribution < -0.4 is 16.4 Å². The van der Waals surface area contributed by atoms with Gasteiger partial charge >= 0.3 is 6.03 Å². The predicted molar refractivity (Wildman–Crippen MR) is 84.9 cm³/mol. The van der Waals surface area contributed by atoms with Crippen LogP contribution in [0.5, 0.6) is 0 Å². The number of anilines is 2. The van der Waals surface area contributed by atoms with Gasteiger partial charge in [0, 0.05) is 12.3 Å². The molecule has 0 atom stereocenters. The third-order valence-corrected chi connectivity index (χ3v) is 3.15. The number of halogens is 1. The van der Waals surface area contributed by atoms with Crippen LogP contribution in [0.1, 0.15) is 11.4 Å². The molecule has 3 aromatic rings. The monoisotopic (exact) mass is 341 g/mol. The van der Waals surface area contributed by atoms with Gasteiger partial charge in [0.15, 0.2) is 5.82 Å². The first-order chi connectivity index (χ1) is 12.1. The molecule has 5 N–H and O–H groups in total. The number of H-pyrrole nitrogens is 1. The van der Waals surface area contributed by atoms with Crippen molar-refractivity contribution in [1.29, 1.82) is 5.26 Å². The number of rotatable bonds is 4. The molecule has 10 nitrogen and oxygen atoms in total. The number of benzene rings is 1. The number of urea groups is 1. The smallest absolute Gasteiger partial charge is 0.320 e. The molecule has 0 aliphatic heterocycles. The minimum Gasteiger partial charge on any atom is -0.367 e. The van der Waals surface area contributed by atoms with Gasteiger partial charge in [0.05, 0.1) is 12.2 Å². The Kier molecular flexibility index (Phi) is 4.25. The van der Waals surface area contributed by atoms with Gasteiger partial charge in [0.1, 0.15) is 23.3 Å². The van der Waals surface area contributed by atoms with Crippen LogP contribution >= 0.6 is 0 Å². The van der Waals surface area contributed by atoms with Crippen molar-refractivity contribution in [2.45, 2.75) is 6.54 Å². The summed E-state index contributed by atoms with van der Waals surface area (Å²) in [7, 11) is 0. The maximum Gasteiger partial charge on any atom is 0.320 e. The number of amides is 2. The van der Waals surface area contributed by atoms with E-state index in [-0.39, 0.29) is 29.6 Å². The third kappa shape index (κ3) is 3.53. The molecular weight excluding hydrogens is 329 g/mol. The summed E-state index contributed by atoms with van der Waals surface area (Å²) >= 11 is 0. The summed E-state index contributed by atoms with van der Waals surface area (Å²) in [6.07, 6.45) is 1.50. The van der Waals surface area contributed by atoms with E-state index in [2.05, 4.69) is 30.9 Å². The summed E-state index contributed by atoms with van der Waals surface area (Å²) in [6.45, 7) is 0.0964. The summed E-state index contributed by atoms with van der Waals surface area (Å²) < 4.78 is 15.0. The second kappa shape index (κ2) is 6.67. The summed E-state index contributed by atoms with van der Waals surface area (Å²) in [5.74, 6) is 0.0627. The minimum atomic E-state index is -0.644. The molecule has 2 aromatic heterocycles. The van der Waals surface area contributed by atoms with E-state index >= 15 is 0 Å². The van der Waals surface area contributed by atoms with Crippen LogP contribution in [0.3, 0.4) is 0 Å². The zero-order valence-corrected chi connectivity index (χ0v) is 12.7. The van der Waals surface area contributed by atoms with E-state index in [0.29, 0.717) is 5.82 Å². The second-order valence-corrected chi connectivity index (χ2v) is 4.84. The van der Waals surface area contributed by atoms with Crippen molar-refractivity contribution in [3.8, 4) is 11.8 Å². The number of nitrogen functional groups attached to an aromatic ring is 1. The molecule has 0 radical (unpaired) electrons. The molecule has 126 valence electrons. The highest BCUT2D eigenvalue weighted by molar-refractivity contribution is 5.88. The van der Waals surface area contributed by atoms with E-state index < -0.39 is 11.8 Å². The largest absolute Gasteiger partial charge is 0.367 e. The van der Waals surface area contributed by atoms with Gasteiger partial charge in [-0.1, -0.05) is 6.07 Å². The molecular formula is C14H12FN9O. The zero-order valence-electron chi connectivity index (χ0n) is 12.7. The number of nitrogens with one attached hydrogen (secondary N) is 3. The lowest BCUT2D eigenvalue weighted by molar-refractivity contribution is 0.251. The molecule has 2 heterocycles. The Hall–Kier alpha value is -3.94. The van der Waals surface area contributed by atoms with Crippen LogP contribution in [0.25, 0.3) is 5.69 Å². The molecule has 0 unspecified atom stereocenters. The average molecular weight is 341 g/mol. The van der Waals surface area contributed by atoms with Gasteiger partial charge in [0.25, 0.3) is 0 Å². The van der Waals surface area contributed by atoms with Gasteiger partial charge in [-0.15, -0.1) is 10.2 Å². The molecule has 3 rings (SSSR count). The third-order valence-electron chi connectivity index (χ3n) is 3.15. The summed E-state index contributed by atoms with van der Waals surface area (Å²) in [5.41, 5.74) is 5.49. The fourth-order valence-corrected chi connectivity index (χ4v) is 2.05. The zero-order chi connectivity index (χ0) is 17.8. The van der Waals surface area contributed by atoms with E-state index in [1.807, 2.05) is 0 Å². The van der Waals surface area contributed by atoms with Crippen LogP contribution in [0.15, 0.2) is 30.5 Å². The lowest BCUT2D eigenvalue weighted by Gasteiger charge is -2.05. The molecule has 0 fully saturated rings. The van der Waals surface area contributed by atoms with Crippen LogP contribution in [-0.4, -0.2) is 31.0 Å². The van der Waals surface area contributed by atoms with Gasteiger partial charge in [-0.3, -0.25) is 10.4 Å². The number of aromatic nitrogens is 5. The Morgan fingerprint density at radius 1 is 1.44 bits per heavy atom. The van der Waals surface area contributed by atoms with E-state index in [0.717, 1.165) is 0 Å². The number of nitriles is 1. The maximum atomic E-state index is 13.7. The fourth-order valence-electron chi connectivity index (χ4n) is 2.05. The SMILES string of the molecule is N#Cc1c(F)cccc1-n1ccc(NC(=O)NCc2nc(N)n[nH]2)n1. The Bertz CT molecular complexity index is 955. The Morgan fingerprint density at radius 2 is 2.28 bits per heavy atom. The molecule has 25 heavy (non-hydrogen) atoms. The Balaban J connectivity index is 1.67. The summed E-state index contributed by atoms with van der Waals surface area (Å²) in [5, 5.41) is 24.4. The molecule has 0 spiro atoms. The van der Waals surface area contributed by atoms with E-state index in [1.165, 1.54) is 29.1 Å². The number of nitrogens with zero attached hydrogens (tertiary/aromatic N) is 5. The highest BCUT2D eigenvalue weighted by atomic mass is 19.1. The first-order valence-electron chi connectivity index (χ1n) is 7.03. The number of hydrogen-bond donors (Lipinski definition) is 4. The van der Waals surface area contributed by atoms with Crippen molar-refractivity contribution in [2.24, 2.45) is 0 Å². The molecule has 2 amide bonds. The predicted octanol–water partition coefficient (Wildman–Crippen LogP) is 0.905. The van der Waals surface area contributed by atoms with Crippen molar-refractivity contribution < 1.29 is 9.18 Å². The van der Waals surface area contributed by atoms with Crippen molar-refractivity contribution in [3.05, 3.63) is 47.7 Å². The van der Waals surface area contributed by atoms with Crippen molar-refractivity contribution >= 4 is 17.8 Å². The average Bonchev–Trinajstić information content (AvgIpc) is 3.21. The van der Waals surface area contributed by atoms with Gasteiger partial charge in [-0.2, -0.15) is 10.2 Å². The number of carbonyl (C=O) groups is 1. The molecule has 11 heteroatoms. The second-order valence-electron chi connectivity index (χ2n) is 4.84. The van der Waals surface area contributed by atoms with Crippen LogP contribution in [0.4, 0.5) is 21.0 Å². The van der Waals surface area contributed by atoms with Crippen molar-refractivity contribution in [1.82, 2.24) is 30.3 Å². The van der Waals surface area contributed by atoms with Crippen LogP contribution in [-0.2, 0) is 6.54 Å². The number of aromatic amines is 1. The number of carbonyl (C=O) groups excluding carboxylic acids is 1.